The first kappa shape index (κ1) is 32.5. The van der Waals surface area contributed by atoms with Crippen LogP contribution in [0.4, 0.5) is 87.8 Å². The minimum absolute atomic E-state index is 1.40. The van der Waals surface area contributed by atoms with Crippen molar-refractivity contribution in [2.24, 2.45) is 0 Å². The zero-order valence-corrected chi connectivity index (χ0v) is 15.0. The van der Waals surface area contributed by atoms with E-state index in [1.54, 1.807) is 0 Å². The molecule has 0 saturated heterocycles. The molecule has 0 amide bonds. The highest BCUT2D eigenvalue weighted by molar-refractivity contribution is 5.18. The fraction of sp³-hybridized carbons (Fsp3) is 1.00. The van der Waals surface area contributed by atoms with E-state index in [1.807, 2.05) is 0 Å². The Balaban J connectivity index is 7.08. The lowest BCUT2D eigenvalue weighted by Gasteiger charge is -2.45. The summed E-state index contributed by atoms with van der Waals surface area (Å²) in [5.74, 6) is -83.5. The third-order valence-corrected chi connectivity index (χ3v) is 4.05. The van der Waals surface area contributed by atoms with Crippen LogP contribution in [0.1, 0.15) is 6.92 Å². The van der Waals surface area contributed by atoms with Crippen molar-refractivity contribution < 1.29 is 98.0 Å². The predicted molar refractivity (Wildman–Crippen MR) is 63.4 cm³/mol. The van der Waals surface area contributed by atoms with Crippen LogP contribution in [0, 0.1) is 0 Å². The molecular weight excluding hydrogens is 556 g/mol. The van der Waals surface area contributed by atoms with Crippen LogP contribution in [0.5, 0.6) is 0 Å². The number of aliphatic hydroxyl groups excluding tert-OH is 1. The molecule has 0 bridgehead atoms. The van der Waals surface area contributed by atoms with E-state index in [2.05, 4.69) is 0 Å². The lowest BCUT2D eigenvalue weighted by atomic mass is 9.85. The second-order valence-corrected chi connectivity index (χ2v) is 6.48. The first-order chi connectivity index (χ1) is 14.2. The van der Waals surface area contributed by atoms with Crippen molar-refractivity contribution in [1.29, 1.82) is 0 Å². The van der Waals surface area contributed by atoms with Gasteiger partial charge in [-0.3, -0.25) is 0 Å². The Morgan fingerprint density at radius 2 is 0.529 bits per heavy atom. The van der Waals surface area contributed by atoms with Crippen molar-refractivity contribution in [2.45, 2.75) is 72.4 Å². The molecule has 0 saturated carbocycles. The number of aliphatic hydroxyl groups is 2. The molecule has 0 aromatic heterocycles. The number of alkyl halides is 20. The Morgan fingerprint density at radius 1 is 0.353 bits per heavy atom. The number of halogens is 20. The molecule has 0 spiro atoms. The Morgan fingerprint density at radius 3 is 0.706 bits per heavy atom. The van der Waals surface area contributed by atoms with Gasteiger partial charge in [0.15, 0.2) is 0 Å². The van der Waals surface area contributed by atoms with Gasteiger partial charge in [0.2, 0.25) is 6.29 Å². The zero-order chi connectivity index (χ0) is 28.6. The lowest BCUT2D eigenvalue weighted by molar-refractivity contribution is -0.472. The number of rotatable bonds is 10. The lowest BCUT2D eigenvalue weighted by Crippen LogP contribution is -2.77. The summed E-state index contributed by atoms with van der Waals surface area (Å²) in [6.07, 6.45) is -5.16. The minimum Gasteiger partial charge on any atom is -0.363 e. The van der Waals surface area contributed by atoms with Crippen molar-refractivity contribution in [3.8, 4) is 0 Å². The van der Waals surface area contributed by atoms with E-state index in [0.717, 1.165) is 0 Å². The van der Waals surface area contributed by atoms with Crippen molar-refractivity contribution in [3.63, 3.8) is 0 Å². The Labute approximate surface area is 172 Å². The number of hydrogen-bond acceptors (Lipinski definition) is 2. The van der Waals surface area contributed by atoms with Crippen LogP contribution in [-0.4, -0.2) is 75.7 Å². The maximum atomic E-state index is 13.4. The molecular formula is C12H6F20O2. The summed E-state index contributed by atoms with van der Waals surface area (Å²) < 4.78 is 262. The maximum Gasteiger partial charge on any atom is 0.385 e. The van der Waals surface area contributed by atoms with Crippen LogP contribution < -0.4 is 0 Å². The van der Waals surface area contributed by atoms with Crippen LogP contribution in [-0.2, 0) is 0 Å². The Kier molecular flexibility index (Phi) is 7.42. The third kappa shape index (κ3) is 3.64. The fourth-order valence-electron chi connectivity index (χ4n) is 1.83. The second kappa shape index (κ2) is 7.76. The molecule has 0 atom stereocenters. The van der Waals surface area contributed by atoms with Crippen LogP contribution >= 0.6 is 0 Å². The van der Waals surface area contributed by atoms with Gasteiger partial charge in [0.1, 0.15) is 0 Å². The monoisotopic (exact) mass is 562 g/mol. The van der Waals surface area contributed by atoms with Crippen LogP contribution in [0.15, 0.2) is 0 Å². The molecule has 0 unspecified atom stereocenters. The second-order valence-electron chi connectivity index (χ2n) is 6.48. The van der Waals surface area contributed by atoms with Gasteiger partial charge in [-0.05, 0) is 0 Å². The van der Waals surface area contributed by atoms with E-state index in [4.69, 9.17) is 10.2 Å². The molecule has 22 heteroatoms. The van der Waals surface area contributed by atoms with Crippen molar-refractivity contribution in [1.82, 2.24) is 0 Å². The normalized spacial score (nSPS) is 16.9. The Hall–Kier alpha value is -1.48. The summed E-state index contributed by atoms with van der Waals surface area (Å²) in [5.41, 5.74) is 0. The van der Waals surface area contributed by atoms with Crippen molar-refractivity contribution in [3.05, 3.63) is 0 Å². The summed E-state index contributed by atoms with van der Waals surface area (Å²) in [7, 11) is 0. The molecule has 206 valence electrons. The molecule has 2 nitrogen and oxygen atoms in total. The fourth-order valence-corrected chi connectivity index (χ4v) is 1.83. The molecule has 34 heavy (non-hydrogen) atoms. The van der Waals surface area contributed by atoms with Gasteiger partial charge in [-0.1, -0.05) is 0 Å². The molecule has 0 heterocycles. The first-order valence-electron chi connectivity index (χ1n) is 7.33. The van der Waals surface area contributed by atoms with Gasteiger partial charge in [0.25, 0.3) is 0 Å². The van der Waals surface area contributed by atoms with E-state index in [0.29, 0.717) is 0 Å². The molecule has 0 aromatic rings. The smallest absolute Gasteiger partial charge is 0.363 e. The molecule has 0 aliphatic rings. The van der Waals surface area contributed by atoms with Crippen LogP contribution in [0.3, 0.4) is 0 Å². The highest BCUT2D eigenvalue weighted by Crippen LogP contribution is 2.66. The summed E-state index contributed by atoms with van der Waals surface area (Å²) in [6.45, 7) is -1.40. The van der Waals surface area contributed by atoms with Gasteiger partial charge in [-0.2, -0.15) is 87.8 Å². The molecule has 0 rings (SSSR count). The van der Waals surface area contributed by atoms with E-state index in [9.17, 15) is 87.8 Å². The third-order valence-electron chi connectivity index (χ3n) is 4.05. The van der Waals surface area contributed by atoms with Gasteiger partial charge in [0.05, 0.1) is 0 Å². The SMILES string of the molecule is CC(F)(F)C(F)(F)C(F)(F)C(F)(F)C(F)(F)C(F)(F)C(F)(F)C(F)(F)C(F)(F)C(F)(F)C(O)O. The molecule has 0 radical (unpaired) electrons. The highest BCUT2D eigenvalue weighted by Gasteiger charge is 2.97. The average molecular weight is 562 g/mol. The van der Waals surface area contributed by atoms with Crippen molar-refractivity contribution in [2.75, 3.05) is 0 Å². The summed E-state index contributed by atoms with van der Waals surface area (Å²) >= 11 is 0. The average Bonchev–Trinajstić information content (AvgIpc) is 2.58. The van der Waals surface area contributed by atoms with Crippen LogP contribution in [0.2, 0.25) is 0 Å². The van der Waals surface area contributed by atoms with E-state index >= 15 is 0 Å². The van der Waals surface area contributed by atoms with Crippen molar-refractivity contribution >= 4 is 0 Å². The van der Waals surface area contributed by atoms with E-state index in [1.165, 1.54) is 0 Å². The molecule has 0 aliphatic heterocycles. The molecule has 0 aliphatic carbocycles. The van der Waals surface area contributed by atoms with Gasteiger partial charge in [0, 0.05) is 6.92 Å². The molecule has 2 N–H and O–H groups in total. The Bertz CT molecular complexity index is 747. The first-order valence-corrected chi connectivity index (χ1v) is 7.33. The molecule has 0 fully saturated rings. The standard InChI is InChI=1S/C12H6F20O2/c1-3(13,14)5(17,18)7(21,22)9(25,26)11(29,30)12(31,32)10(27,28)8(23,24)6(19,20)4(15,16)2(33)34/h2,33-34H,1H3. The highest BCUT2D eigenvalue weighted by atomic mass is 19.4. The minimum atomic E-state index is -9.13. The summed E-state index contributed by atoms with van der Waals surface area (Å²) in [6, 6.07) is 0. The van der Waals surface area contributed by atoms with Gasteiger partial charge in [-0.25, -0.2) is 0 Å². The maximum absolute atomic E-state index is 13.4. The van der Waals surface area contributed by atoms with Crippen LogP contribution in [0.25, 0.3) is 0 Å². The largest absolute Gasteiger partial charge is 0.385 e. The zero-order valence-electron chi connectivity index (χ0n) is 15.0. The number of hydrogen-bond donors (Lipinski definition) is 2. The van der Waals surface area contributed by atoms with Gasteiger partial charge < -0.3 is 10.2 Å². The quantitative estimate of drug-likeness (QED) is 0.266. The van der Waals surface area contributed by atoms with E-state index in [-0.39, 0.29) is 0 Å². The molecule has 0 aromatic carbocycles. The summed E-state index contributed by atoms with van der Waals surface area (Å²) in [5, 5.41) is 15.7. The predicted octanol–water partition coefficient (Wildman–Crippen LogP) is 5.67. The topological polar surface area (TPSA) is 40.5 Å². The van der Waals surface area contributed by atoms with E-state index < -0.39 is 72.4 Å². The summed E-state index contributed by atoms with van der Waals surface area (Å²) in [4.78, 5) is 0. The van der Waals surface area contributed by atoms with Gasteiger partial charge >= 0.3 is 59.2 Å². The van der Waals surface area contributed by atoms with Gasteiger partial charge in [-0.15, -0.1) is 0 Å².